The fraction of sp³-hybridized carbons (Fsp3) is 0. The molecule has 0 fully saturated rings. The van der Waals surface area contributed by atoms with Crippen LogP contribution < -0.4 is 0 Å². The lowest BCUT2D eigenvalue weighted by Gasteiger charge is -2.13. The van der Waals surface area contributed by atoms with Gasteiger partial charge in [-0.15, -0.1) is 0 Å². The maximum Gasteiger partial charge on any atom is 0.0936 e. The van der Waals surface area contributed by atoms with E-state index < -0.39 is 0 Å². The van der Waals surface area contributed by atoms with E-state index in [0.717, 1.165) is 55.4 Å². The van der Waals surface area contributed by atoms with Gasteiger partial charge in [0.25, 0.3) is 0 Å². The fourth-order valence-electron chi connectivity index (χ4n) is 5.48. The molecule has 186 valence electrons. The zero-order chi connectivity index (χ0) is 26.5. The van der Waals surface area contributed by atoms with Crippen LogP contribution in [0.2, 0.25) is 0 Å². The van der Waals surface area contributed by atoms with Gasteiger partial charge in [-0.3, -0.25) is 0 Å². The van der Waals surface area contributed by atoms with Gasteiger partial charge >= 0.3 is 0 Å². The second-order valence-electron chi connectivity index (χ2n) is 9.96. The summed E-state index contributed by atoms with van der Waals surface area (Å²) in [6, 6.07) is 40.3. The Morgan fingerprint density at radius 2 is 1.00 bits per heavy atom. The summed E-state index contributed by atoms with van der Waals surface area (Å²) in [7, 11) is 0. The summed E-state index contributed by atoms with van der Waals surface area (Å²) >= 11 is 0. The summed E-state index contributed by atoms with van der Waals surface area (Å²) in [5.74, 6) is 0. The first kappa shape index (κ1) is 22.4. The van der Waals surface area contributed by atoms with Crippen molar-refractivity contribution in [1.82, 2.24) is 25.4 Å². The van der Waals surface area contributed by atoms with Gasteiger partial charge in [-0.05, 0) is 81.2 Å². The molecule has 3 heterocycles. The van der Waals surface area contributed by atoms with Crippen molar-refractivity contribution in [2.75, 3.05) is 0 Å². The molecular formula is C35H21N5. The molecule has 0 unspecified atom stereocenters. The molecule has 0 saturated carbocycles. The van der Waals surface area contributed by atoms with Gasteiger partial charge in [0.15, 0.2) is 0 Å². The smallest absolute Gasteiger partial charge is 0.0936 e. The molecule has 0 saturated heterocycles. The van der Waals surface area contributed by atoms with Crippen LogP contribution in [0.1, 0.15) is 0 Å². The summed E-state index contributed by atoms with van der Waals surface area (Å²) in [4.78, 5) is 5.15. The molecule has 3 aromatic heterocycles. The zero-order valence-electron chi connectivity index (χ0n) is 21.4. The van der Waals surface area contributed by atoms with Crippen molar-refractivity contribution in [2.45, 2.75) is 0 Å². The molecule has 0 atom stereocenters. The summed E-state index contributed by atoms with van der Waals surface area (Å²) in [6.07, 6.45) is 3.43. The highest BCUT2D eigenvalue weighted by Crippen LogP contribution is 2.36. The molecule has 5 nitrogen and oxygen atoms in total. The summed E-state index contributed by atoms with van der Waals surface area (Å²) in [6.45, 7) is 0. The molecule has 40 heavy (non-hydrogen) atoms. The summed E-state index contributed by atoms with van der Waals surface area (Å²) < 4.78 is 0. The molecular weight excluding hydrogens is 490 g/mol. The molecule has 5 aromatic carbocycles. The van der Waals surface area contributed by atoms with Gasteiger partial charge in [-0.2, -0.15) is 20.4 Å². The Kier molecular flexibility index (Phi) is 5.07. The Bertz CT molecular complexity index is 2140. The molecule has 8 aromatic rings. The van der Waals surface area contributed by atoms with Gasteiger partial charge in [0.05, 0.1) is 34.8 Å². The Balaban J connectivity index is 1.39. The highest BCUT2D eigenvalue weighted by atomic mass is 15.1. The first-order valence-corrected chi connectivity index (χ1v) is 13.2. The van der Waals surface area contributed by atoms with E-state index in [2.05, 4.69) is 124 Å². The van der Waals surface area contributed by atoms with Crippen LogP contribution >= 0.6 is 0 Å². The molecule has 0 aliphatic rings. The Hall–Kier alpha value is -5.55. The minimum atomic E-state index is 0.839. The number of nitrogens with zero attached hydrogens (tertiary/aromatic N) is 5. The maximum atomic E-state index is 5.15. The second-order valence-corrected chi connectivity index (χ2v) is 9.96. The van der Waals surface area contributed by atoms with Crippen molar-refractivity contribution in [2.24, 2.45) is 0 Å². The van der Waals surface area contributed by atoms with E-state index in [4.69, 9.17) is 4.98 Å². The molecule has 0 aliphatic carbocycles. The van der Waals surface area contributed by atoms with Gasteiger partial charge in [0, 0.05) is 21.9 Å². The predicted octanol–water partition coefficient (Wildman–Crippen LogP) is 8.28. The average Bonchev–Trinajstić information content (AvgIpc) is 3.02. The number of benzene rings is 5. The van der Waals surface area contributed by atoms with Crippen molar-refractivity contribution in [1.29, 1.82) is 0 Å². The average molecular weight is 512 g/mol. The number of aromatic nitrogens is 5. The second kappa shape index (κ2) is 9.03. The first-order chi connectivity index (χ1) is 19.8. The molecule has 5 heteroatoms. The van der Waals surface area contributed by atoms with Crippen LogP contribution in [0.3, 0.4) is 0 Å². The quantitative estimate of drug-likeness (QED) is 0.223. The Labute approximate surface area is 229 Å². The van der Waals surface area contributed by atoms with Crippen molar-refractivity contribution in [3.05, 3.63) is 128 Å². The molecule has 0 aliphatic heterocycles. The van der Waals surface area contributed by atoms with Crippen LogP contribution in [-0.2, 0) is 0 Å². The first-order valence-electron chi connectivity index (χ1n) is 13.2. The molecule has 0 N–H and O–H groups in total. The van der Waals surface area contributed by atoms with Crippen LogP contribution in [0.4, 0.5) is 0 Å². The van der Waals surface area contributed by atoms with E-state index in [1.54, 1.807) is 12.4 Å². The van der Waals surface area contributed by atoms with Crippen molar-refractivity contribution in [3.63, 3.8) is 0 Å². The molecule has 0 radical (unpaired) electrons. The van der Waals surface area contributed by atoms with Gasteiger partial charge in [-0.25, -0.2) is 4.98 Å². The van der Waals surface area contributed by atoms with Gasteiger partial charge in [0.2, 0.25) is 0 Å². The van der Waals surface area contributed by atoms with Crippen LogP contribution in [0, 0.1) is 0 Å². The highest BCUT2D eigenvalue weighted by molar-refractivity contribution is 6.05. The monoisotopic (exact) mass is 511 g/mol. The predicted molar refractivity (Wildman–Crippen MR) is 162 cm³/mol. The van der Waals surface area contributed by atoms with E-state index in [1.807, 2.05) is 12.1 Å². The molecule has 0 spiro atoms. The lowest BCUT2D eigenvalue weighted by atomic mass is 9.93. The molecule has 0 amide bonds. The summed E-state index contributed by atoms with van der Waals surface area (Å²) in [5, 5.41) is 23.8. The standard InChI is InChI=1S/C35H21N5/c1-2-5-25-17-31-26(16-24(25)4-1)6-3-7-30(31)29-20-32(27-10-8-22-12-14-36-39-34(22)18-27)38-33(21-29)28-11-9-23-13-15-37-40-35(23)19-28/h1-21H. The fourth-order valence-corrected chi connectivity index (χ4v) is 5.48. The third-order valence-electron chi connectivity index (χ3n) is 7.51. The number of hydrogen-bond acceptors (Lipinski definition) is 5. The van der Waals surface area contributed by atoms with Crippen molar-refractivity contribution < 1.29 is 0 Å². The number of pyridine rings is 1. The number of hydrogen-bond donors (Lipinski definition) is 0. The van der Waals surface area contributed by atoms with Crippen LogP contribution in [0.15, 0.2) is 128 Å². The van der Waals surface area contributed by atoms with Gasteiger partial charge in [0.1, 0.15) is 0 Å². The zero-order valence-corrected chi connectivity index (χ0v) is 21.4. The maximum absolute atomic E-state index is 5.15. The number of rotatable bonds is 3. The highest BCUT2D eigenvalue weighted by Gasteiger charge is 2.13. The van der Waals surface area contributed by atoms with E-state index >= 15 is 0 Å². The number of fused-ring (bicyclic) bond motifs is 4. The van der Waals surface area contributed by atoms with E-state index in [9.17, 15) is 0 Å². The van der Waals surface area contributed by atoms with Gasteiger partial charge in [-0.1, -0.05) is 66.7 Å². The minimum Gasteiger partial charge on any atom is -0.248 e. The van der Waals surface area contributed by atoms with E-state index in [1.165, 1.54) is 21.5 Å². The lowest BCUT2D eigenvalue weighted by Crippen LogP contribution is -1.93. The Morgan fingerprint density at radius 1 is 0.400 bits per heavy atom. The van der Waals surface area contributed by atoms with Crippen LogP contribution in [0.25, 0.3) is 77.0 Å². The minimum absolute atomic E-state index is 0.839. The van der Waals surface area contributed by atoms with Gasteiger partial charge < -0.3 is 0 Å². The van der Waals surface area contributed by atoms with Crippen molar-refractivity contribution >= 4 is 43.4 Å². The van der Waals surface area contributed by atoms with E-state index in [-0.39, 0.29) is 0 Å². The summed E-state index contributed by atoms with van der Waals surface area (Å²) in [5.41, 5.74) is 7.66. The third-order valence-corrected chi connectivity index (χ3v) is 7.51. The van der Waals surface area contributed by atoms with Crippen LogP contribution in [-0.4, -0.2) is 25.4 Å². The third kappa shape index (κ3) is 3.84. The van der Waals surface area contributed by atoms with E-state index in [0.29, 0.717) is 0 Å². The molecule has 0 bridgehead atoms. The topological polar surface area (TPSA) is 64.5 Å². The lowest BCUT2D eigenvalue weighted by molar-refractivity contribution is 1.08. The molecule has 8 rings (SSSR count). The largest absolute Gasteiger partial charge is 0.248 e. The van der Waals surface area contributed by atoms with Crippen LogP contribution in [0.5, 0.6) is 0 Å². The van der Waals surface area contributed by atoms with Crippen molar-refractivity contribution in [3.8, 4) is 33.6 Å². The Morgan fingerprint density at radius 3 is 1.65 bits per heavy atom. The SMILES string of the molecule is c1ccc2cc3c(-c4cc(-c5ccc6ccnnc6c5)nc(-c5ccc6ccnnc6c5)c4)cccc3cc2c1. The normalized spacial score (nSPS) is 11.5.